The SMILES string of the molecule is COc1ccc(C(=O)NC[C@H](O)CN2CCCCC2)c(OCCC(C)C)c1. The number of carbonyl (C=O) groups is 1. The Morgan fingerprint density at radius 2 is 2.00 bits per heavy atom. The summed E-state index contributed by atoms with van der Waals surface area (Å²) in [6.45, 7) is 7.68. The molecule has 0 unspecified atom stereocenters. The summed E-state index contributed by atoms with van der Waals surface area (Å²) in [5.41, 5.74) is 0.463. The summed E-state index contributed by atoms with van der Waals surface area (Å²) in [6, 6.07) is 5.18. The maximum absolute atomic E-state index is 12.6. The fourth-order valence-corrected chi connectivity index (χ4v) is 3.15. The number of benzene rings is 1. The zero-order valence-electron chi connectivity index (χ0n) is 16.9. The third-order valence-electron chi connectivity index (χ3n) is 4.80. The maximum Gasteiger partial charge on any atom is 0.255 e. The molecule has 1 aliphatic heterocycles. The van der Waals surface area contributed by atoms with Crippen LogP contribution >= 0.6 is 0 Å². The van der Waals surface area contributed by atoms with Crippen LogP contribution in [0.25, 0.3) is 0 Å². The molecular weight excluding hydrogens is 344 g/mol. The Balaban J connectivity index is 1.91. The van der Waals surface area contributed by atoms with Crippen LogP contribution in [0, 0.1) is 5.92 Å². The lowest BCUT2D eigenvalue weighted by atomic mass is 10.1. The molecule has 27 heavy (non-hydrogen) atoms. The summed E-state index contributed by atoms with van der Waals surface area (Å²) in [6.07, 6.45) is 3.97. The van der Waals surface area contributed by atoms with E-state index in [-0.39, 0.29) is 12.5 Å². The number of hydrogen-bond acceptors (Lipinski definition) is 5. The predicted octanol–water partition coefficient (Wildman–Crippen LogP) is 2.70. The molecule has 2 rings (SSSR count). The first-order valence-electron chi connectivity index (χ1n) is 9.99. The number of β-amino-alcohol motifs (C(OH)–C–C–N with tert-alkyl or cyclic N) is 1. The van der Waals surface area contributed by atoms with E-state index in [1.54, 1.807) is 25.3 Å². The van der Waals surface area contributed by atoms with Crippen molar-refractivity contribution >= 4 is 5.91 Å². The number of methoxy groups -OCH3 is 1. The van der Waals surface area contributed by atoms with E-state index in [2.05, 4.69) is 24.1 Å². The number of nitrogens with one attached hydrogen (secondary N) is 1. The summed E-state index contributed by atoms with van der Waals surface area (Å²) in [5.74, 6) is 1.45. The first-order valence-corrected chi connectivity index (χ1v) is 9.99. The molecule has 6 heteroatoms. The molecule has 1 saturated heterocycles. The van der Waals surface area contributed by atoms with Crippen molar-refractivity contribution in [1.82, 2.24) is 10.2 Å². The van der Waals surface area contributed by atoms with Crippen LogP contribution < -0.4 is 14.8 Å². The van der Waals surface area contributed by atoms with Crippen LogP contribution in [0.1, 0.15) is 49.9 Å². The number of ether oxygens (including phenoxy) is 2. The molecule has 1 aromatic rings. The van der Waals surface area contributed by atoms with Gasteiger partial charge in [-0.05, 0) is 50.4 Å². The molecule has 0 saturated carbocycles. The van der Waals surface area contributed by atoms with E-state index >= 15 is 0 Å². The van der Waals surface area contributed by atoms with Gasteiger partial charge in [0.15, 0.2) is 0 Å². The molecule has 1 aromatic carbocycles. The van der Waals surface area contributed by atoms with Gasteiger partial charge in [-0.2, -0.15) is 0 Å². The Bertz CT molecular complexity index is 586. The van der Waals surface area contributed by atoms with Crippen LogP contribution in [0.3, 0.4) is 0 Å². The van der Waals surface area contributed by atoms with Crippen molar-refractivity contribution in [2.24, 2.45) is 5.92 Å². The average molecular weight is 379 g/mol. The fraction of sp³-hybridized carbons (Fsp3) is 0.667. The van der Waals surface area contributed by atoms with Gasteiger partial charge in [0.2, 0.25) is 0 Å². The molecule has 1 atom stereocenters. The second-order valence-corrected chi connectivity index (χ2v) is 7.62. The second-order valence-electron chi connectivity index (χ2n) is 7.62. The van der Waals surface area contributed by atoms with Crippen molar-refractivity contribution in [3.8, 4) is 11.5 Å². The van der Waals surface area contributed by atoms with Gasteiger partial charge in [-0.25, -0.2) is 0 Å². The molecule has 0 aromatic heterocycles. The Labute approximate surface area is 162 Å². The lowest BCUT2D eigenvalue weighted by Gasteiger charge is -2.28. The number of piperidine rings is 1. The Kier molecular flexibility index (Phi) is 8.88. The summed E-state index contributed by atoms with van der Waals surface area (Å²) >= 11 is 0. The molecule has 1 amide bonds. The third kappa shape index (κ3) is 7.39. The van der Waals surface area contributed by atoms with Crippen LogP contribution in [-0.2, 0) is 0 Å². The van der Waals surface area contributed by atoms with E-state index in [4.69, 9.17) is 9.47 Å². The van der Waals surface area contributed by atoms with E-state index in [0.717, 1.165) is 19.5 Å². The Hall–Kier alpha value is -1.79. The number of aliphatic hydroxyl groups is 1. The van der Waals surface area contributed by atoms with E-state index in [9.17, 15) is 9.90 Å². The Morgan fingerprint density at radius 3 is 2.67 bits per heavy atom. The lowest BCUT2D eigenvalue weighted by molar-refractivity contribution is 0.0827. The van der Waals surface area contributed by atoms with Crippen molar-refractivity contribution in [2.75, 3.05) is 39.9 Å². The van der Waals surface area contributed by atoms with Gasteiger partial charge < -0.3 is 24.8 Å². The van der Waals surface area contributed by atoms with Crippen LogP contribution in [-0.4, -0.2) is 61.9 Å². The van der Waals surface area contributed by atoms with Crippen molar-refractivity contribution in [2.45, 2.75) is 45.6 Å². The van der Waals surface area contributed by atoms with Crippen LogP contribution in [0.4, 0.5) is 0 Å². The number of rotatable bonds is 10. The smallest absolute Gasteiger partial charge is 0.255 e. The molecule has 0 bridgehead atoms. The van der Waals surface area contributed by atoms with Gasteiger partial charge in [-0.15, -0.1) is 0 Å². The molecular formula is C21H34N2O4. The molecule has 1 heterocycles. The number of carbonyl (C=O) groups excluding carboxylic acids is 1. The average Bonchev–Trinajstić information content (AvgIpc) is 2.66. The molecule has 152 valence electrons. The minimum absolute atomic E-state index is 0.229. The van der Waals surface area contributed by atoms with Crippen LogP contribution in [0.5, 0.6) is 11.5 Å². The second kappa shape index (κ2) is 11.1. The fourth-order valence-electron chi connectivity index (χ4n) is 3.15. The molecule has 0 spiro atoms. The first kappa shape index (κ1) is 21.5. The van der Waals surface area contributed by atoms with Gasteiger partial charge in [0.1, 0.15) is 11.5 Å². The first-order chi connectivity index (χ1) is 13.0. The number of likely N-dealkylation sites (tertiary alicyclic amines) is 1. The molecule has 0 aliphatic carbocycles. The third-order valence-corrected chi connectivity index (χ3v) is 4.80. The largest absolute Gasteiger partial charge is 0.497 e. The van der Waals surface area contributed by atoms with Gasteiger partial charge in [-0.3, -0.25) is 4.79 Å². The Morgan fingerprint density at radius 1 is 1.26 bits per heavy atom. The highest BCUT2D eigenvalue weighted by atomic mass is 16.5. The quantitative estimate of drug-likeness (QED) is 0.655. The molecule has 0 radical (unpaired) electrons. The van der Waals surface area contributed by atoms with Crippen LogP contribution in [0.2, 0.25) is 0 Å². The van der Waals surface area contributed by atoms with Crippen LogP contribution in [0.15, 0.2) is 18.2 Å². The molecule has 2 N–H and O–H groups in total. The summed E-state index contributed by atoms with van der Waals surface area (Å²) in [7, 11) is 1.59. The van der Waals surface area contributed by atoms with E-state index < -0.39 is 6.10 Å². The van der Waals surface area contributed by atoms with Gasteiger partial charge >= 0.3 is 0 Å². The topological polar surface area (TPSA) is 71.0 Å². The number of amides is 1. The van der Waals surface area contributed by atoms with E-state index in [0.29, 0.717) is 36.1 Å². The minimum Gasteiger partial charge on any atom is -0.497 e. The number of aliphatic hydroxyl groups excluding tert-OH is 1. The van der Waals surface area contributed by atoms with Crippen molar-refractivity contribution in [3.05, 3.63) is 23.8 Å². The standard InChI is InChI=1S/C21H34N2O4/c1-16(2)9-12-27-20-13-18(26-3)7-8-19(20)21(25)22-14-17(24)15-23-10-5-4-6-11-23/h7-8,13,16-17,24H,4-6,9-12,14-15H2,1-3H3,(H,22,25)/t17-/m0/s1. The van der Waals surface area contributed by atoms with E-state index in [1.165, 1.54) is 19.3 Å². The van der Waals surface area contributed by atoms with Gasteiger partial charge in [0, 0.05) is 19.2 Å². The zero-order chi connectivity index (χ0) is 19.6. The van der Waals surface area contributed by atoms with Gasteiger partial charge in [0.05, 0.1) is 25.4 Å². The summed E-state index contributed by atoms with van der Waals surface area (Å²) in [4.78, 5) is 14.9. The normalized spacial score (nSPS) is 16.2. The highest BCUT2D eigenvalue weighted by Gasteiger charge is 2.18. The minimum atomic E-state index is -0.574. The zero-order valence-corrected chi connectivity index (χ0v) is 16.9. The van der Waals surface area contributed by atoms with Crippen molar-refractivity contribution in [1.29, 1.82) is 0 Å². The molecule has 1 fully saturated rings. The summed E-state index contributed by atoms with van der Waals surface area (Å²) in [5, 5.41) is 13.1. The van der Waals surface area contributed by atoms with Crippen molar-refractivity contribution < 1.29 is 19.4 Å². The van der Waals surface area contributed by atoms with Crippen molar-refractivity contribution in [3.63, 3.8) is 0 Å². The number of nitrogens with zero attached hydrogens (tertiary/aromatic N) is 1. The monoisotopic (exact) mass is 378 g/mol. The highest BCUT2D eigenvalue weighted by Crippen LogP contribution is 2.25. The van der Waals surface area contributed by atoms with Gasteiger partial charge in [0.25, 0.3) is 5.91 Å². The van der Waals surface area contributed by atoms with Gasteiger partial charge in [-0.1, -0.05) is 20.3 Å². The maximum atomic E-state index is 12.6. The predicted molar refractivity (Wildman–Crippen MR) is 107 cm³/mol. The van der Waals surface area contributed by atoms with E-state index in [1.807, 2.05) is 0 Å². The molecule has 6 nitrogen and oxygen atoms in total. The molecule has 1 aliphatic rings. The highest BCUT2D eigenvalue weighted by molar-refractivity contribution is 5.97. The lowest BCUT2D eigenvalue weighted by Crippen LogP contribution is -2.42. The number of hydrogen-bond donors (Lipinski definition) is 2. The summed E-state index contributed by atoms with van der Waals surface area (Å²) < 4.78 is 11.1.